The van der Waals surface area contributed by atoms with E-state index in [0.717, 1.165) is 25.0 Å². The van der Waals surface area contributed by atoms with Gasteiger partial charge in [-0.05, 0) is 19.3 Å². The zero-order valence-corrected chi connectivity index (χ0v) is 13.7. The number of rotatable bonds is 5. The van der Waals surface area contributed by atoms with Gasteiger partial charge in [0.15, 0.2) is 0 Å². The first kappa shape index (κ1) is 15.9. The molecule has 7 nitrogen and oxygen atoms in total. The molecule has 2 atom stereocenters. The van der Waals surface area contributed by atoms with E-state index < -0.39 is 10.0 Å². The number of nitrogens with zero attached hydrogens (tertiary/aromatic N) is 3. The Morgan fingerprint density at radius 1 is 1.36 bits per heavy atom. The molecule has 3 heterocycles. The first-order valence-electron chi connectivity index (χ1n) is 7.74. The van der Waals surface area contributed by atoms with Gasteiger partial charge in [0.25, 0.3) is 0 Å². The van der Waals surface area contributed by atoms with Crippen LogP contribution < -0.4 is 0 Å². The van der Waals surface area contributed by atoms with Crippen molar-refractivity contribution in [3.8, 4) is 0 Å². The van der Waals surface area contributed by atoms with Crippen LogP contribution in [0.3, 0.4) is 0 Å². The van der Waals surface area contributed by atoms with Crippen LogP contribution in [0.25, 0.3) is 0 Å². The molecular weight excluding hydrogens is 306 g/mol. The highest BCUT2D eigenvalue weighted by molar-refractivity contribution is 7.89. The van der Waals surface area contributed by atoms with Gasteiger partial charge < -0.3 is 9.47 Å². The minimum absolute atomic E-state index is 0.102. The fourth-order valence-electron chi connectivity index (χ4n) is 2.97. The van der Waals surface area contributed by atoms with E-state index in [4.69, 9.17) is 9.47 Å². The molecule has 124 valence electrons. The molecule has 3 rings (SSSR count). The Morgan fingerprint density at radius 2 is 2.23 bits per heavy atom. The monoisotopic (exact) mass is 329 g/mol. The Hall–Kier alpha value is -0.960. The van der Waals surface area contributed by atoms with E-state index in [2.05, 4.69) is 5.10 Å². The fraction of sp³-hybridized carbons (Fsp3) is 0.786. The van der Waals surface area contributed by atoms with Crippen LogP contribution in [0.5, 0.6) is 0 Å². The second-order valence-corrected chi connectivity index (χ2v) is 7.99. The first-order valence-corrected chi connectivity index (χ1v) is 9.35. The smallest absolute Gasteiger partial charge is 0.214 e. The summed E-state index contributed by atoms with van der Waals surface area (Å²) in [7, 11) is -1.42. The molecule has 0 bridgehead atoms. The van der Waals surface area contributed by atoms with Crippen molar-refractivity contribution in [2.75, 3.05) is 32.1 Å². The van der Waals surface area contributed by atoms with Crippen LogP contribution in [-0.2, 0) is 26.5 Å². The SMILES string of the molecule is Cn1cc([C@H]2CN(S(=O)(=O)CC[C@@H]3CCCO3)CCO2)cn1. The van der Waals surface area contributed by atoms with Crippen LogP contribution in [0, 0.1) is 0 Å². The summed E-state index contributed by atoms with van der Waals surface area (Å²) in [5, 5.41) is 4.12. The van der Waals surface area contributed by atoms with Gasteiger partial charge >= 0.3 is 0 Å². The van der Waals surface area contributed by atoms with Gasteiger partial charge in [-0.25, -0.2) is 8.42 Å². The van der Waals surface area contributed by atoms with Crippen molar-refractivity contribution in [3.63, 3.8) is 0 Å². The van der Waals surface area contributed by atoms with E-state index in [9.17, 15) is 8.42 Å². The van der Waals surface area contributed by atoms with Crippen LogP contribution in [0.1, 0.15) is 30.9 Å². The summed E-state index contributed by atoms with van der Waals surface area (Å²) in [5.74, 6) is 0.150. The summed E-state index contributed by atoms with van der Waals surface area (Å²) in [5.41, 5.74) is 0.918. The third-order valence-electron chi connectivity index (χ3n) is 4.24. The summed E-state index contributed by atoms with van der Waals surface area (Å²) in [6.45, 7) is 1.95. The molecular formula is C14H23N3O4S. The lowest BCUT2D eigenvalue weighted by Crippen LogP contribution is -2.43. The maximum atomic E-state index is 12.5. The Balaban J connectivity index is 1.60. The van der Waals surface area contributed by atoms with Crippen molar-refractivity contribution >= 4 is 10.0 Å². The number of sulfonamides is 1. The van der Waals surface area contributed by atoms with Crippen LogP contribution >= 0.6 is 0 Å². The summed E-state index contributed by atoms with van der Waals surface area (Å²) in [6, 6.07) is 0. The number of aryl methyl sites for hydroxylation is 1. The van der Waals surface area contributed by atoms with Gasteiger partial charge in [-0.3, -0.25) is 4.68 Å². The van der Waals surface area contributed by atoms with Crippen molar-refractivity contribution in [2.45, 2.75) is 31.5 Å². The molecule has 0 aromatic carbocycles. The molecule has 22 heavy (non-hydrogen) atoms. The second-order valence-electron chi connectivity index (χ2n) is 5.90. The van der Waals surface area contributed by atoms with Crippen LogP contribution in [-0.4, -0.2) is 60.7 Å². The molecule has 0 spiro atoms. The Kier molecular flexibility index (Phi) is 4.82. The Bertz CT molecular complexity index is 595. The molecule has 2 aliphatic heterocycles. The number of ether oxygens (including phenoxy) is 2. The van der Waals surface area contributed by atoms with E-state index in [-0.39, 0.29) is 18.0 Å². The van der Waals surface area contributed by atoms with Crippen molar-refractivity contribution in [2.24, 2.45) is 7.05 Å². The molecule has 1 aromatic rings. The predicted octanol–water partition coefficient (Wildman–Crippen LogP) is 0.692. The Labute approximate surface area is 131 Å². The van der Waals surface area contributed by atoms with Crippen LogP contribution in [0.4, 0.5) is 0 Å². The van der Waals surface area contributed by atoms with E-state index in [1.165, 1.54) is 0 Å². The molecule has 2 saturated heterocycles. The van der Waals surface area contributed by atoms with Crippen LogP contribution in [0.15, 0.2) is 12.4 Å². The van der Waals surface area contributed by atoms with Crippen molar-refractivity contribution < 1.29 is 17.9 Å². The van der Waals surface area contributed by atoms with E-state index >= 15 is 0 Å². The molecule has 0 aliphatic carbocycles. The minimum atomic E-state index is -3.26. The van der Waals surface area contributed by atoms with Gasteiger partial charge in [0.2, 0.25) is 10.0 Å². The predicted molar refractivity (Wildman–Crippen MR) is 80.9 cm³/mol. The number of hydrogen-bond acceptors (Lipinski definition) is 5. The van der Waals surface area contributed by atoms with E-state index in [0.29, 0.717) is 26.1 Å². The third kappa shape index (κ3) is 3.68. The highest BCUT2D eigenvalue weighted by Gasteiger charge is 2.31. The van der Waals surface area contributed by atoms with Gasteiger partial charge in [0, 0.05) is 38.5 Å². The number of morpholine rings is 1. The zero-order valence-electron chi connectivity index (χ0n) is 12.8. The molecule has 8 heteroatoms. The molecule has 0 unspecified atom stereocenters. The molecule has 2 fully saturated rings. The summed E-state index contributed by atoms with van der Waals surface area (Å²) in [4.78, 5) is 0. The zero-order chi connectivity index (χ0) is 15.6. The molecule has 2 aliphatic rings. The van der Waals surface area contributed by atoms with Gasteiger partial charge in [0.05, 0.1) is 30.8 Å². The largest absolute Gasteiger partial charge is 0.378 e. The van der Waals surface area contributed by atoms with Crippen molar-refractivity contribution in [1.82, 2.24) is 14.1 Å². The maximum absolute atomic E-state index is 12.5. The highest BCUT2D eigenvalue weighted by atomic mass is 32.2. The lowest BCUT2D eigenvalue weighted by Gasteiger charge is -2.32. The number of hydrogen-bond donors (Lipinski definition) is 0. The van der Waals surface area contributed by atoms with Crippen molar-refractivity contribution in [1.29, 1.82) is 0 Å². The standard InChI is InChI=1S/C14H23N3O4S/c1-16-10-12(9-15-16)14-11-17(5-7-21-14)22(18,19)8-4-13-3-2-6-20-13/h9-10,13-14H,2-8,11H2,1H3/t13-,14+/m0/s1. The summed E-state index contributed by atoms with van der Waals surface area (Å²) < 4.78 is 39.5. The molecule has 1 aromatic heterocycles. The number of aromatic nitrogens is 2. The lowest BCUT2D eigenvalue weighted by molar-refractivity contribution is -0.00269. The normalized spacial score (nSPS) is 27.3. The maximum Gasteiger partial charge on any atom is 0.214 e. The van der Waals surface area contributed by atoms with E-state index in [1.54, 1.807) is 15.2 Å². The average Bonchev–Trinajstić information content (AvgIpc) is 3.17. The summed E-state index contributed by atoms with van der Waals surface area (Å²) in [6.07, 6.45) is 6.05. The molecule has 0 N–H and O–H groups in total. The molecule has 0 amide bonds. The van der Waals surface area contributed by atoms with Gasteiger partial charge in [0.1, 0.15) is 0 Å². The Morgan fingerprint density at radius 3 is 2.91 bits per heavy atom. The summed E-state index contributed by atoms with van der Waals surface area (Å²) >= 11 is 0. The molecule has 0 radical (unpaired) electrons. The van der Waals surface area contributed by atoms with E-state index in [1.807, 2.05) is 13.2 Å². The van der Waals surface area contributed by atoms with Gasteiger partial charge in [-0.1, -0.05) is 0 Å². The highest BCUT2D eigenvalue weighted by Crippen LogP contribution is 2.24. The topological polar surface area (TPSA) is 73.7 Å². The minimum Gasteiger partial charge on any atom is -0.378 e. The lowest BCUT2D eigenvalue weighted by atomic mass is 10.2. The quantitative estimate of drug-likeness (QED) is 0.795. The fourth-order valence-corrected chi connectivity index (χ4v) is 4.50. The molecule has 0 saturated carbocycles. The van der Waals surface area contributed by atoms with Gasteiger partial charge in [-0.15, -0.1) is 0 Å². The van der Waals surface area contributed by atoms with Crippen LogP contribution in [0.2, 0.25) is 0 Å². The first-order chi connectivity index (χ1) is 10.5. The van der Waals surface area contributed by atoms with Gasteiger partial charge in [-0.2, -0.15) is 9.40 Å². The third-order valence-corrected chi connectivity index (χ3v) is 6.11. The van der Waals surface area contributed by atoms with Crippen molar-refractivity contribution in [3.05, 3.63) is 18.0 Å². The second kappa shape index (κ2) is 6.66. The average molecular weight is 329 g/mol.